The number of aromatic nitrogens is 3. The molecule has 0 saturated heterocycles. The van der Waals surface area contributed by atoms with Gasteiger partial charge in [0, 0.05) is 22.7 Å². The number of hydrogen-bond acceptors (Lipinski definition) is 8. The highest BCUT2D eigenvalue weighted by Crippen LogP contribution is 2.26. The van der Waals surface area contributed by atoms with E-state index in [9.17, 15) is 14.9 Å². The number of nitro benzene ring substituents is 1. The molecule has 0 aliphatic rings. The van der Waals surface area contributed by atoms with Gasteiger partial charge in [-0.15, -0.1) is 0 Å². The van der Waals surface area contributed by atoms with E-state index < -0.39 is 10.9 Å². The molecule has 4 aromatic rings. The fraction of sp³-hybridized carbons (Fsp3) is 0.136. The molecule has 0 radical (unpaired) electrons. The second-order valence-corrected chi connectivity index (χ2v) is 7.13. The Labute approximate surface area is 192 Å². The summed E-state index contributed by atoms with van der Waals surface area (Å²) in [6.07, 6.45) is 3.03. The van der Waals surface area contributed by atoms with Gasteiger partial charge >= 0.3 is 5.97 Å². The van der Waals surface area contributed by atoms with E-state index in [-0.39, 0.29) is 36.2 Å². The van der Waals surface area contributed by atoms with Crippen LogP contribution in [-0.4, -0.2) is 32.3 Å². The largest absolute Gasteiger partial charge is 0.480 e. The number of oxazole rings is 1. The molecule has 11 heteroatoms. The van der Waals surface area contributed by atoms with Crippen LogP contribution in [-0.2, 0) is 11.3 Å². The quantitative estimate of drug-likeness (QED) is 0.204. The lowest BCUT2D eigenvalue weighted by atomic mass is 10.2. The number of esters is 1. The van der Waals surface area contributed by atoms with Crippen molar-refractivity contribution in [2.75, 3.05) is 6.61 Å². The van der Waals surface area contributed by atoms with Crippen molar-refractivity contribution in [3.05, 3.63) is 87.6 Å². The van der Waals surface area contributed by atoms with Crippen LogP contribution in [0.4, 0.5) is 5.69 Å². The number of hydrogen-bond donors (Lipinski definition) is 0. The first kappa shape index (κ1) is 22.0. The minimum absolute atomic E-state index is 0.0446. The number of non-ortho nitro benzene ring substituents is 1. The topological polar surface area (TPSA) is 123 Å². The van der Waals surface area contributed by atoms with Crippen molar-refractivity contribution in [2.45, 2.75) is 13.5 Å². The van der Waals surface area contributed by atoms with Gasteiger partial charge in [0.1, 0.15) is 0 Å². The molecule has 0 N–H and O–H groups in total. The average molecular weight is 469 g/mol. The Kier molecular flexibility index (Phi) is 6.36. The highest BCUT2D eigenvalue weighted by molar-refractivity contribution is 6.30. The lowest BCUT2D eigenvalue weighted by molar-refractivity contribution is -0.384. The number of benzene rings is 2. The Hall–Kier alpha value is -4.18. The number of carbonyl (C=O) groups excluding carboxylic acids is 1. The SMILES string of the molecule is CCOC(=O)c1nn(-c2ccc([N+](=O)[O-])cc2)cc1OCc1ncc(-c2cccc(Cl)c2)o1. The van der Waals surface area contributed by atoms with E-state index in [1.54, 1.807) is 31.3 Å². The van der Waals surface area contributed by atoms with Crippen molar-refractivity contribution >= 4 is 23.3 Å². The summed E-state index contributed by atoms with van der Waals surface area (Å²) in [6, 6.07) is 12.8. The van der Waals surface area contributed by atoms with Crippen LogP contribution in [0.2, 0.25) is 5.02 Å². The molecule has 0 unspecified atom stereocenters. The number of halogens is 1. The van der Waals surface area contributed by atoms with Gasteiger partial charge in [-0.05, 0) is 31.2 Å². The summed E-state index contributed by atoms with van der Waals surface area (Å²) < 4.78 is 17.9. The van der Waals surface area contributed by atoms with Gasteiger partial charge in [-0.1, -0.05) is 23.7 Å². The third-order valence-electron chi connectivity index (χ3n) is 4.49. The predicted octanol–water partition coefficient (Wildman–Crippen LogP) is 4.84. The van der Waals surface area contributed by atoms with Crippen LogP contribution in [0.15, 0.2) is 65.3 Å². The molecule has 0 spiro atoms. The van der Waals surface area contributed by atoms with Gasteiger partial charge in [0.05, 0.1) is 29.6 Å². The summed E-state index contributed by atoms with van der Waals surface area (Å²) in [7, 11) is 0. The van der Waals surface area contributed by atoms with Crippen LogP contribution in [0.5, 0.6) is 5.75 Å². The zero-order valence-electron chi connectivity index (χ0n) is 17.3. The van der Waals surface area contributed by atoms with Crippen molar-refractivity contribution in [3.8, 4) is 22.8 Å². The number of carbonyl (C=O) groups is 1. The van der Waals surface area contributed by atoms with Crippen molar-refractivity contribution < 1.29 is 23.6 Å². The minimum Gasteiger partial charge on any atom is -0.480 e. The Balaban J connectivity index is 1.56. The summed E-state index contributed by atoms with van der Waals surface area (Å²) in [5.74, 6) is 0.278. The zero-order valence-corrected chi connectivity index (χ0v) is 18.1. The highest BCUT2D eigenvalue weighted by Gasteiger charge is 2.21. The standard InChI is InChI=1S/C22H17ClN4O6/c1-2-31-22(28)21-19(12-26(25-21)16-6-8-17(9-7-16)27(29)30)32-13-20-24-11-18(33-20)14-4-3-5-15(23)10-14/h3-12H,2,13H2,1H3. The molecular weight excluding hydrogens is 452 g/mol. The molecule has 0 aliphatic heterocycles. The highest BCUT2D eigenvalue weighted by atomic mass is 35.5. The summed E-state index contributed by atoms with van der Waals surface area (Å²) in [5, 5.41) is 15.7. The minimum atomic E-state index is -0.666. The van der Waals surface area contributed by atoms with Crippen molar-refractivity contribution in [3.63, 3.8) is 0 Å². The lowest BCUT2D eigenvalue weighted by Crippen LogP contribution is -2.08. The van der Waals surface area contributed by atoms with Crippen molar-refractivity contribution in [2.24, 2.45) is 0 Å². The lowest BCUT2D eigenvalue weighted by Gasteiger charge is -2.03. The fourth-order valence-electron chi connectivity index (χ4n) is 2.96. The molecule has 4 rings (SSSR count). The smallest absolute Gasteiger partial charge is 0.362 e. The molecule has 168 valence electrons. The Morgan fingerprint density at radius 1 is 1.24 bits per heavy atom. The molecule has 0 aliphatic carbocycles. The first-order valence-electron chi connectivity index (χ1n) is 9.79. The van der Waals surface area contributed by atoms with Gasteiger partial charge in [-0.25, -0.2) is 14.5 Å². The van der Waals surface area contributed by atoms with Crippen LogP contribution < -0.4 is 4.74 Å². The number of ether oxygens (including phenoxy) is 2. The second kappa shape index (κ2) is 9.53. The van der Waals surface area contributed by atoms with E-state index in [4.69, 9.17) is 25.5 Å². The van der Waals surface area contributed by atoms with Crippen LogP contribution in [0.25, 0.3) is 17.0 Å². The van der Waals surface area contributed by atoms with Crippen LogP contribution in [0.1, 0.15) is 23.3 Å². The second-order valence-electron chi connectivity index (χ2n) is 6.70. The van der Waals surface area contributed by atoms with Gasteiger partial charge in [-0.3, -0.25) is 10.1 Å². The number of rotatable bonds is 8. The van der Waals surface area contributed by atoms with Gasteiger partial charge < -0.3 is 13.9 Å². The summed E-state index contributed by atoms with van der Waals surface area (Å²) in [6.45, 7) is 1.76. The normalized spacial score (nSPS) is 10.7. The van der Waals surface area contributed by atoms with E-state index in [1.807, 2.05) is 6.07 Å². The molecule has 2 aromatic heterocycles. The molecule has 33 heavy (non-hydrogen) atoms. The maximum atomic E-state index is 12.4. The molecule has 10 nitrogen and oxygen atoms in total. The Morgan fingerprint density at radius 2 is 2.03 bits per heavy atom. The molecule has 0 atom stereocenters. The van der Waals surface area contributed by atoms with E-state index in [0.717, 1.165) is 5.56 Å². The molecular formula is C22H17ClN4O6. The average Bonchev–Trinajstić information content (AvgIpc) is 3.45. The van der Waals surface area contributed by atoms with Gasteiger partial charge in [0.15, 0.2) is 18.1 Å². The molecule has 0 fully saturated rings. The maximum absolute atomic E-state index is 12.4. The number of nitrogens with zero attached hydrogens (tertiary/aromatic N) is 4. The number of nitro groups is 1. The Morgan fingerprint density at radius 3 is 2.73 bits per heavy atom. The first-order valence-corrected chi connectivity index (χ1v) is 10.2. The first-order chi connectivity index (χ1) is 15.9. The van der Waals surface area contributed by atoms with E-state index in [1.165, 1.54) is 35.1 Å². The molecule has 0 saturated carbocycles. The van der Waals surface area contributed by atoms with Crippen LogP contribution in [0.3, 0.4) is 0 Å². The van der Waals surface area contributed by atoms with E-state index >= 15 is 0 Å². The third kappa shape index (κ3) is 5.01. The summed E-state index contributed by atoms with van der Waals surface area (Å²) in [5.41, 5.74) is 1.16. The fourth-order valence-corrected chi connectivity index (χ4v) is 3.15. The van der Waals surface area contributed by atoms with E-state index in [0.29, 0.717) is 16.5 Å². The summed E-state index contributed by atoms with van der Waals surface area (Å²) >= 11 is 6.02. The molecule has 2 aromatic carbocycles. The molecule has 0 bridgehead atoms. The zero-order chi connectivity index (χ0) is 23.4. The van der Waals surface area contributed by atoms with Gasteiger partial charge in [0.25, 0.3) is 5.69 Å². The van der Waals surface area contributed by atoms with E-state index in [2.05, 4.69) is 10.1 Å². The monoisotopic (exact) mass is 468 g/mol. The van der Waals surface area contributed by atoms with Crippen LogP contribution >= 0.6 is 11.6 Å². The maximum Gasteiger partial charge on any atom is 0.362 e. The van der Waals surface area contributed by atoms with Crippen molar-refractivity contribution in [1.29, 1.82) is 0 Å². The molecule has 0 amide bonds. The van der Waals surface area contributed by atoms with Crippen molar-refractivity contribution in [1.82, 2.24) is 14.8 Å². The Bertz CT molecular complexity index is 1300. The molecule has 2 heterocycles. The third-order valence-corrected chi connectivity index (χ3v) is 4.72. The predicted molar refractivity (Wildman–Crippen MR) is 117 cm³/mol. The van der Waals surface area contributed by atoms with Crippen LogP contribution in [0, 0.1) is 10.1 Å². The van der Waals surface area contributed by atoms with Gasteiger partial charge in [-0.2, -0.15) is 5.10 Å². The summed E-state index contributed by atoms with van der Waals surface area (Å²) in [4.78, 5) is 26.9. The van der Waals surface area contributed by atoms with Gasteiger partial charge in [0.2, 0.25) is 11.6 Å².